The Hall–Kier alpha value is -2.08. The van der Waals surface area contributed by atoms with Crippen LogP contribution in [-0.4, -0.2) is 61.0 Å². The van der Waals surface area contributed by atoms with Crippen molar-refractivity contribution >= 4 is 11.9 Å². The lowest BCUT2D eigenvalue weighted by Crippen LogP contribution is -2.53. The van der Waals surface area contributed by atoms with Gasteiger partial charge in [-0.15, -0.1) is 0 Å². The number of rotatable bonds is 6. The summed E-state index contributed by atoms with van der Waals surface area (Å²) < 4.78 is 0. The Morgan fingerprint density at radius 2 is 1.80 bits per heavy atom. The van der Waals surface area contributed by atoms with Gasteiger partial charge in [0.15, 0.2) is 0 Å². The highest BCUT2D eigenvalue weighted by Crippen LogP contribution is 2.41. The van der Waals surface area contributed by atoms with Crippen LogP contribution in [0.15, 0.2) is 30.3 Å². The van der Waals surface area contributed by atoms with Crippen molar-refractivity contribution in [3.63, 3.8) is 0 Å². The molecule has 1 heterocycles. The van der Waals surface area contributed by atoms with Gasteiger partial charge in [0.2, 0.25) is 5.91 Å². The molecule has 0 bridgehead atoms. The number of benzene rings is 1. The van der Waals surface area contributed by atoms with Gasteiger partial charge in [-0.2, -0.15) is 0 Å². The molecule has 2 N–H and O–H groups in total. The normalized spacial score (nSPS) is 19.3. The highest BCUT2D eigenvalue weighted by molar-refractivity contribution is 5.78. The molecule has 0 aromatic heterocycles. The molecule has 2 aliphatic rings. The Bertz CT molecular complexity index is 580. The lowest BCUT2D eigenvalue weighted by molar-refractivity contribution is -0.122. The van der Waals surface area contributed by atoms with Gasteiger partial charge in [0.25, 0.3) is 0 Å². The third kappa shape index (κ3) is 4.95. The molecule has 25 heavy (non-hydrogen) atoms. The molecule has 3 amide bonds. The number of hydrogen-bond donors (Lipinski definition) is 2. The summed E-state index contributed by atoms with van der Waals surface area (Å²) in [7, 11) is 0. The molecule has 1 aliphatic heterocycles. The molecule has 0 spiro atoms. The smallest absolute Gasteiger partial charge is 0.317 e. The first-order chi connectivity index (χ1) is 12.2. The topological polar surface area (TPSA) is 64.7 Å². The Kier molecular flexibility index (Phi) is 5.91. The van der Waals surface area contributed by atoms with Crippen LogP contribution in [0.25, 0.3) is 0 Å². The third-order valence-electron chi connectivity index (χ3n) is 4.93. The molecule has 0 unspecified atom stereocenters. The lowest BCUT2D eigenvalue weighted by atomic mass is 10.0. The number of nitrogens with one attached hydrogen (secondary N) is 2. The van der Waals surface area contributed by atoms with E-state index in [1.807, 2.05) is 30.0 Å². The predicted octanol–water partition coefficient (Wildman–Crippen LogP) is 1.60. The van der Waals surface area contributed by atoms with Gasteiger partial charge in [-0.3, -0.25) is 9.69 Å². The van der Waals surface area contributed by atoms with Gasteiger partial charge in [-0.05, 0) is 31.2 Å². The zero-order valence-corrected chi connectivity index (χ0v) is 14.9. The molecular weight excluding hydrogens is 316 g/mol. The summed E-state index contributed by atoms with van der Waals surface area (Å²) in [6.07, 6.45) is 2.36. The maximum atomic E-state index is 12.7. The number of nitrogens with zero attached hydrogens (tertiary/aromatic N) is 2. The molecule has 0 radical (unpaired) electrons. The summed E-state index contributed by atoms with van der Waals surface area (Å²) in [6, 6.07) is 10.4. The van der Waals surface area contributed by atoms with E-state index < -0.39 is 0 Å². The second-order valence-corrected chi connectivity index (χ2v) is 6.89. The highest BCUT2D eigenvalue weighted by atomic mass is 16.2. The molecule has 2 fully saturated rings. The van der Waals surface area contributed by atoms with Crippen LogP contribution in [0, 0.1) is 5.92 Å². The first-order valence-corrected chi connectivity index (χ1v) is 9.27. The van der Waals surface area contributed by atoms with Crippen LogP contribution in [0.3, 0.4) is 0 Å². The highest BCUT2D eigenvalue weighted by Gasteiger charge is 2.34. The standard InChI is InChI=1S/C19H28N4O2/c1-2-20-17(24)14-22-10-12-23(13-11-22)19(25)21-18(16-8-9-16)15-6-4-3-5-7-15/h3-7,16,18H,2,8-14H2,1H3,(H,20,24)(H,21,25)/t18-/m0/s1. The van der Waals surface area contributed by atoms with Crippen molar-refractivity contribution in [3.05, 3.63) is 35.9 Å². The molecule has 136 valence electrons. The molecule has 1 aromatic carbocycles. The monoisotopic (exact) mass is 344 g/mol. The average Bonchev–Trinajstić information content (AvgIpc) is 3.46. The van der Waals surface area contributed by atoms with Crippen molar-refractivity contribution < 1.29 is 9.59 Å². The van der Waals surface area contributed by atoms with Crippen LogP contribution < -0.4 is 10.6 Å². The van der Waals surface area contributed by atoms with Crippen molar-refractivity contribution in [1.82, 2.24) is 20.4 Å². The fourth-order valence-electron chi connectivity index (χ4n) is 3.35. The summed E-state index contributed by atoms with van der Waals surface area (Å²) in [5.74, 6) is 0.614. The van der Waals surface area contributed by atoms with E-state index in [2.05, 4.69) is 27.7 Å². The molecule has 1 aromatic rings. The van der Waals surface area contributed by atoms with Gasteiger partial charge >= 0.3 is 6.03 Å². The number of hydrogen-bond acceptors (Lipinski definition) is 3. The maximum Gasteiger partial charge on any atom is 0.317 e. The molecule has 1 atom stereocenters. The van der Waals surface area contributed by atoms with Crippen molar-refractivity contribution in [2.75, 3.05) is 39.3 Å². The lowest BCUT2D eigenvalue weighted by Gasteiger charge is -2.35. The summed E-state index contributed by atoms with van der Waals surface area (Å²) in [6.45, 7) is 5.80. The van der Waals surface area contributed by atoms with Crippen LogP contribution >= 0.6 is 0 Å². The van der Waals surface area contributed by atoms with Crippen molar-refractivity contribution in [2.24, 2.45) is 5.92 Å². The van der Waals surface area contributed by atoms with Gasteiger partial charge in [0.05, 0.1) is 12.6 Å². The van der Waals surface area contributed by atoms with E-state index in [1.54, 1.807) is 0 Å². The molecule has 3 rings (SSSR count). The number of carbonyl (C=O) groups is 2. The molecule has 1 aliphatic carbocycles. The summed E-state index contributed by atoms with van der Waals surface area (Å²) >= 11 is 0. The number of likely N-dealkylation sites (N-methyl/N-ethyl adjacent to an activating group) is 1. The minimum Gasteiger partial charge on any atom is -0.355 e. The zero-order valence-electron chi connectivity index (χ0n) is 14.9. The number of piperazine rings is 1. The Morgan fingerprint density at radius 3 is 2.40 bits per heavy atom. The number of urea groups is 1. The number of amides is 3. The molecule has 1 saturated carbocycles. The molecule has 1 saturated heterocycles. The Balaban J connectivity index is 1.49. The van der Waals surface area contributed by atoms with Crippen LogP contribution in [0.5, 0.6) is 0 Å². The predicted molar refractivity (Wildman–Crippen MR) is 97.1 cm³/mol. The van der Waals surface area contributed by atoms with Crippen molar-refractivity contribution in [3.8, 4) is 0 Å². The second-order valence-electron chi connectivity index (χ2n) is 6.89. The minimum absolute atomic E-state index is 0.0124. The van der Waals surface area contributed by atoms with Crippen molar-refractivity contribution in [2.45, 2.75) is 25.8 Å². The zero-order chi connectivity index (χ0) is 17.6. The van der Waals surface area contributed by atoms with Gasteiger partial charge in [0.1, 0.15) is 0 Å². The summed E-state index contributed by atoms with van der Waals surface area (Å²) in [4.78, 5) is 28.3. The van der Waals surface area contributed by atoms with E-state index >= 15 is 0 Å². The van der Waals surface area contributed by atoms with Crippen LogP contribution in [0.4, 0.5) is 4.79 Å². The largest absolute Gasteiger partial charge is 0.355 e. The van der Waals surface area contributed by atoms with E-state index in [0.717, 1.165) is 13.1 Å². The second kappa shape index (κ2) is 8.34. The average molecular weight is 344 g/mol. The van der Waals surface area contributed by atoms with Gasteiger partial charge < -0.3 is 15.5 Å². The first kappa shape index (κ1) is 17.7. The van der Waals surface area contributed by atoms with Crippen LogP contribution in [-0.2, 0) is 4.79 Å². The maximum absolute atomic E-state index is 12.7. The molecule has 6 nitrogen and oxygen atoms in total. The van der Waals surface area contributed by atoms with E-state index in [0.29, 0.717) is 32.1 Å². The van der Waals surface area contributed by atoms with E-state index in [-0.39, 0.29) is 18.0 Å². The van der Waals surface area contributed by atoms with Crippen molar-refractivity contribution in [1.29, 1.82) is 0 Å². The summed E-state index contributed by atoms with van der Waals surface area (Å²) in [5.41, 5.74) is 1.19. The van der Waals surface area contributed by atoms with Gasteiger partial charge in [-0.1, -0.05) is 30.3 Å². The SMILES string of the molecule is CCNC(=O)CN1CCN(C(=O)N[C@@H](c2ccccc2)C2CC2)CC1. The van der Waals surface area contributed by atoms with E-state index in [4.69, 9.17) is 0 Å². The van der Waals surface area contributed by atoms with Gasteiger partial charge in [0, 0.05) is 32.7 Å². The van der Waals surface area contributed by atoms with E-state index in [9.17, 15) is 9.59 Å². The van der Waals surface area contributed by atoms with Gasteiger partial charge in [-0.25, -0.2) is 4.79 Å². The fourth-order valence-corrected chi connectivity index (χ4v) is 3.35. The Labute approximate surface area is 149 Å². The first-order valence-electron chi connectivity index (χ1n) is 9.27. The number of carbonyl (C=O) groups excluding carboxylic acids is 2. The fraction of sp³-hybridized carbons (Fsp3) is 0.579. The quantitative estimate of drug-likeness (QED) is 0.824. The third-order valence-corrected chi connectivity index (χ3v) is 4.93. The molecule has 6 heteroatoms. The Morgan fingerprint density at radius 1 is 1.12 bits per heavy atom. The van der Waals surface area contributed by atoms with E-state index in [1.165, 1.54) is 18.4 Å². The molecular formula is C19H28N4O2. The van der Waals surface area contributed by atoms with Crippen LogP contribution in [0.2, 0.25) is 0 Å². The minimum atomic E-state index is 0.0124. The summed E-state index contributed by atoms with van der Waals surface area (Å²) in [5, 5.41) is 6.05. The van der Waals surface area contributed by atoms with Crippen LogP contribution in [0.1, 0.15) is 31.4 Å².